The lowest BCUT2D eigenvalue weighted by atomic mass is 10.1. The molecule has 7 heteroatoms. The minimum Gasteiger partial charge on any atom is -0.323 e. The van der Waals surface area contributed by atoms with Gasteiger partial charge < -0.3 is 5.32 Å². The van der Waals surface area contributed by atoms with Crippen LogP contribution in [-0.4, -0.2) is 16.1 Å². The third-order valence-corrected chi connectivity index (χ3v) is 3.01. The molecule has 0 saturated carbocycles. The van der Waals surface area contributed by atoms with Crippen molar-refractivity contribution in [3.8, 4) is 17.3 Å². The van der Waals surface area contributed by atoms with Crippen LogP contribution in [0.1, 0.15) is 12.5 Å². The third-order valence-electron chi connectivity index (χ3n) is 2.46. The molecule has 0 aliphatic heterocycles. The quantitative estimate of drug-likeness (QED) is 0.923. The Hall–Kier alpha value is -2.16. The fourth-order valence-electron chi connectivity index (χ4n) is 1.64. The Morgan fingerprint density at radius 2 is 2.15 bits per heavy atom. The maximum Gasteiger partial charge on any atom is 0.221 e. The van der Waals surface area contributed by atoms with Crippen LogP contribution in [0.4, 0.5) is 5.69 Å². The van der Waals surface area contributed by atoms with Gasteiger partial charge in [-0.25, -0.2) is 0 Å². The Kier molecular flexibility index (Phi) is 4.18. The molecule has 1 aromatic heterocycles. The van der Waals surface area contributed by atoms with Crippen molar-refractivity contribution in [2.24, 2.45) is 0 Å². The second kappa shape index (κ2) is 5.87. The van der Waals surface area contributed by atoms with E-state index in [0.717, 1.165) is 0 Å². The van der Waals surface area contributed by atoms with Gasteiger partial charge in [0.15, 0.2) is 0 Å². The van der Waals surface area contributed by atoms with E-state index in [1.54, 1.807) is 18.2 Å². The van der Waals surface area contributed by atoms with Gasteiger partial charge >= 0.3 is 0 Å². The lowest BCUT2D eigenvalue weighted by Gasteiger charge is -2.11. The summed E-state index contributed by atoms with van der Waals surface area (Å²) >= 11 is 12.0. The molecule has 5 nitrogen and oxygen atoms in total. The molecule has 1 aromatic carbocycles. The Bertz CT molecular complexity index is 725. The van der Waals surface area contributed by atoms with Crippen molar-refractivity contribution >= 4 is 34.8 Å². The first-order valence-electron chi connectivity index (χ1n) is 5.51. The molecular formula is C13H8Cl2N4O. The van der Waals surface area contributed by atoms with Gasteiger partial charge in [-0.15, -0.1) is 5.10 Å². The molecule has 0 aliphatic carbocycles. The molecule has 1 heterocycles. The molecule has 100 valence electrons. The smallest absolute Gasteiger partial charge is 0.221 e. The predicted molar refractivity (Wildman–Crippen MR) is 76.5 cm³/mol. The maximum atomic E-state index is 11.3. The second-order valence-corrected chi connectivity index (χ2v) is 4.74. The number of carbonyl (C=O) groups excluding carboxylic acids is 1. The molecule has 1 amide bonds. The highest BCUT2D eigenvalue weighted by Gasteiger charge is 2.16. The zero-order valence-electron chi connectivity index (χ0n) is 10.3. The second-order valence-electron chi connectivity index (χ2n) is 3.90. The Morgan fingerprint density at radius 1 is 1.40 bits per heavy atom. The number of halogens is 2. The highest BCUT2D eigenvalue weighted by molar-refractivity contribution is 6.36. The average molecular weight is 307 g/mol. The summed E-state index contributed by atoms with van der Waals surface area (Å²) in [4.78, 5) is 11.3. The molecule has 1 N–H and O–H groups in total. The zero-order chi connectivity index (χ0) is 14.7. The SMILES string of the molecule is CC(=O)Nc1c(C#N)cnnc1-c1ccc(Cl)cc1Cl. The maximum absolute atomic E-state index is 11.3. The monoisotopic (exact) mass is 306 g/mol. The lowest BCUT2D eigenvalue weighted by molar-refractivity contribution is -0.114. The summed E-state index contributed by atoms with van der Waals surface area (Å²) in [5, 5.41) is 20.2. The standard InChI is InChI=1S/C13H8Cl2N4O/c1-7(20)18-12-8(5-16)6-17-19-13(12)10-3-2-9(14)4-11(10)15/h2-4,6H,1H3,(H,17,18,20). The summed E-state index contributed by atoms with van der Waals surface area (Å²) in [6, 6.07) is 6.80. The van der Waals surface area contributed by atoms with E-state index in [2.05, 4.69) is 15.5 Å². The van der Waals surface area contributed by atoms with E-state index in [4.69, 9.17) is 28.5 Å². The van der Waals surface area contributed by atoms with Crippen LogP contribution in [-0.2, 0) is 4.79 Å². The fourth-order valence-corrected chi connectivity index (χ4v) is 2.14. The number of benzene rings is 1. The van der Waals surface area contributed by atoms with Gasteiger partial charge in [0, 0.05) is 17.5 Å². The number of nitrogens with zero attached hydrogens (tertiary/aromatic N) is 3. The molecule has 0 aliphatic rings. The number of amides is 1. The van der Waals surface area contributed by atoms with Crippen LogP contribution in [0.15, 0.2) is 24.4 Å². The van der Waals surface area contributed by atoms with E-state index < -0.39 is 0 Å². The average Bonchev–Trinajstić information content (AvgIpc) is 2.39. The largest absolute Gasteiger partial charge is 0.323 e. The molecule has 2 aromatic rings. The lowest BCUT2D eigenvalue weighted by Crippen LogP contribution is -2.10. The van der Waals surface area contributed by atoms with Gasteiger partial charge in [0.1, 0.15) is 11.8 Å². The van der Waals surface area contributed by atoms with Gasteiger partial charge in [0.25, 0.3) is 0 Å². The first-order chi connectivity index (χ1) is 9.52. The number of hydrogen-bond donors (Lipinski definition) is 1. The van der Waals surface area contributed by atoms with E-state index in [0.29, 0.717) is 21.3 Å². The Morgan fingerprint density at radius 3 is 2.75 bits per heavy atom. The van der Waals surface area contributed by atoms with Gasteiger partial charge in [-0.05, 0) is 18.2 Å². The molecule has 0 spiro atoms. The Balaban J connectivity index is 2.67. The molecular weight excluding hydrogens is 299 g/mol. The first-order valence-corrected chi connectivity index (χ1v) is 6.27. The van der Waals surface area contributed by atoms with Crippen molar-refractivity contribution in [2.75, 3.05) is 5.32 Å². The summed E-state index contributed by atoms with van der Waals surface area (Å²) in [6.45, 7) is 1.34. The Labute approximate surface area is 125 Å². The molecule has 0 atom stereocenters. The molecule has 2 rings (SSSR count). The number of carbonyl (C=O) groups is 1. The van der Waals surface area contributed by atoms with Crippen LogP contribution < -0.4 is 5.32 Å². The van der Waals surface area contributed by atoms with Gasteiger partial charge in [-0.2, -0.15) is 10.4 Å². The molecule has 0 unspecified atom stereocenters. The minimum absolute atomic E-state index is 0.205. The number of nitrogens with one attached hydrogen (secondary N) is 1. The number of anilines is 1. The number of nitriles is 1. The van der Waals surface area contributed by atoms with Crippen LogP contribution in [0.2, 0.25) is 10.0 Å². The van der Waals surface area contributed by atoms with Gasteiger partial charge in [-0.1, -0.05) is 23.2 Å². The summed E-state index contributed by atoms with van der Waals surface area (Å²) < 4.78 is 0. The van der Waals surface area contributed by atoms with Crippen molar-refractivity contribution in [1.29, 1.82) is 5.26 Å². The molecule has 0 fully saturated rings. The zero-order valence-corrected chi connectivity index (χ0v) is 11.8. The van der Waals surface area contributed by atoms with Crippen molar-refractivity contribution in [1.82, 2.24) is 10.2 Å². The summed E-state index contributed by atoms with van der Waals surface area (Å²) in [5.41, 5.74) is 1.33. The van der Waals surface area contributed by atoms with Crippen molar-refractivity contribution in [3.05, 3.63) is 40.0 Å². The summed E-state index contributed by atoms with van der Waals surface area (Å²) in [7, 11) is 0. The summed E-state index contributed by atoms with van der Waals surface area (Å²) in [5.74, 6) is -0.319. The topological polar surface area (TPSA) is 78.7 Å². The highest BCUT2D eigenvalue weighted by Crippen LogP contribution is 2.34. The van der Waals surface area contributed by atoms with Gasteiger partial charge in [-0.3, -0.25) is 4.79 Å². The van der Waals surface area contributed by atoms with Gasteiger partial charge in [0.2, 0.25) is 5.91 Å². The minimum atomic E-state index is -0.319. The van der Waals surface area contributed by atoms with E-state index in [-0.39, 0.29) is 17.2 Å². The highest BCUT2D eigenvalue weighted by atomic mass is 35.5. The van der Waals surface area contributed by atoms with Crippen LogP contribution in [0.25, 0.3) is 11.3 Å². The van der Waals surface area contributed by atoms with E-state index in [1.807, 2.05) is 6.07 Å². The molecule has 0 saturated heterocycles. The van der Waals surface area contributed by atoms with Gasteiger partial charge in [0.05, 0.1) is 22.5 Å². The number of hydrogen-bond acceptors (Lipinski definition) is 4. The summed E-state index contributed by atoms with van der Waals surface area (Å²) in [6.07, 6.45) is 1.28. The fraction of sp³-hybridized carbons (Fsp3) is 0.0769. The molecule has 20 heavy (non-hydrogen) atoms. The van der Waals surface area contributed by atoms with Crippen molar-refractivity contribution < 1.29 is 4.79 Å². The van der Waals surface area contributed by atoms with Crippen LogP contribution in [0.5, 0.6) is 0 Å². The number of rotatable bonds is 2. The van der Waals surface area contributed by atoms with E-state index in [9.17, 15) is 4.79 Å². The predicted octanol–water partition coefficient (Wildman–Crippen LogP) is 3.28. The normalized spacial score (nSPS) is 9.90. The van der Waals surface area contributed by atoms with Crippen molar-refractivity contribution in [2.45, 2.75) is 6.92 Å². The molecule has 0 bridgehead atoms. The first kappa shape index (κ1) is 14.3. The van der Waals surface area contributed by atoms with E-state index >= 15 is 0 Å². The van der Waals surface area contributed by atoms with Crippen molar-refractivity contribution in [3.63, 3.8) is 0 Å². The number of aromatic nitrogens is 2. The third kappa shape index (κ3) is 2.87. The van der Waals surface area contributed by atoms with E-state index in [1.165, 1.54) is 13.1 Å². The van der Waals surface area contributed by atoms with Crippen LogP contribution >= 0.6 is 23.2 Å². The van der Waals surface area contributed by atoms with Crippen LogP contribution in [0, 0.1) is 11.3 Å². The van der Waals surface area contributed by atoms with Crippen LogP contribution in [0.3, 0.4) is 0 Å². The molecule has 0 radical (unpaired) electrons.